The van der Waals surface area contributed by atoms with Gasteiger partial charge >= 0.3 is 0 Å². The molecular weight excluding hydrogens is 332 g/mol. The number of ether oxygens (including phenoxy) is 1. The van der Waals surface area contributed by atoms with Gasteiger partial charge in [0.05, 0.1) is 4.88 Å². The molecule has 3 rings (SSSR count). The number of nitrogens with one attached hydrogen (secondary N) is 1. The lowest BCUT2D eigenvalue weighted by molar-refractivity contribution is 0.0921. The highest BCUT2D eigenvalue weighted by Crippen LogP contribution is 2.20. The first-order valence-corrected chi connectivity index (χ1v) is 9.66. The fraction of sp³-hybridized carbons (Fsp3) is 0.450. The Bertz CT molecular complexity index is 733. The van der Waals surface area contributed by atoms with Crippen molar-refractivity contribution >= 4 is 17.2 Å². The maximum absolute atomic E-state index is 12.4. The molecule has 0 atom stereocenters. The smallest absolute Gasteiger partial charge is 0.261 e. The van der Waals surface area contributed by atoms with Crippen molar-refractivity contribution in [2.75, 3.05) is 20.1 Å². The Morgan fingerprint density at radius 2 is 2.00 bits per heavy atom. The fourth-order valence-electron chi connectivity index (χ4n) is 2.95. The molecule has 5 heteroatoms. The van der Waals surface area contributed by atoms with Gasteiger partial charge in [0.25, 0.3) is 5.91 Å². The number of likely N-dealkylation sites (tertiary alicyclic amines) is 1. The van der Waals surface area contributed by atoms with Gasteiger partial charge in [0.15, 0.2) is 0 Å². The minimum absolute atomic E-state index is 0.0389. The highest BCUT2D eigenvalue weighted by Gasteiger charge is 2.19. The molecule has 1 aliphatic rings. The van der Waals surface area contributed by atoms with Crippen molar-refractivity contribution in [1.82, 2.24) is 10.2 Å². The lowest BCUT2D eigenvalue weighted by Crippen LogP contribution is -2.43. The van der Waals surface area contributed by atoms with Crippen LogP contribution in [0.1, 0.15) is 39.2 Å². The Labute approximate surface area is 153 Å². The Morgan fingerprint density at radius 3 is 2.72 bits per heavy atom. The first-order chi connectivity index (χ1) is 12.0. The number of thiophene rings is 1. The number of rotatable bonds is 5. The van der Waals surface area contributed by atoms with E-state index in [-0.39, 0.29) is 5.91 Å². The number of nitrogens with zero attached hydrogens (tertiary/aromatic N) is 1. The molecular formula is C20H26N2O2S. The first kappa shape index (κ1) is 18.0. The van der Waals surface area contributed by atoms with Gasteiger partial charge in [-0.1, -0.05) is 6.07 Å². The molecule has 1 aliphatic heterocycles. The summed E-state index contributed by atoms with van der Waals surface area (Å²) >= 11 is 1.49. The average Bonchev–Trinajstić information content (AvgIpc) is 3.07. The third-order valence-electron chi connectivity index (χ3n) is 4.82. The van der Waals surface area contributed by atoms with Crippen LogP contribution in [0.2, 0.25) is 0 Å². The van der Waals surface area contributed by atoms with Crippen molar-refractivity contribution in [2.45, 2.75) is 39.3 Å². The molecule has 0 radical (unpaired) electrons. The monoisotopic (exact) mass is 358 g/mol. The molecule has 1 aromatic carbocycles. The molecule has 1 aromatic heterocycles. The molecule has 0 spiro atoms. The molecule has 2 aromatic rings. The second kappa shape index (κ2) is 8.02. The van der Waals surface area contributed by atoms with Crippen molar-refractivity contribution < 1.29 is 9.53 Å². The Hall–Kier alpha value is -1.85. The number of piperidine rings is 1. The van der Waals surface area contributed by atoms with E-state index in [4.69, 9.17) is 4.74 Å². The van der Waals surface area contributed by atoms with Crippen LogP contribution >= 0.6 is 11.3 Å². The summed E-state index contributed by atoms with van der Waals surface area (Å²) in [4.78, 5) is 15.5. The Morgan fingerprint density at radius 1 is 1.24 bits per heavy atom. The summed E-state index contributed by atoms with van der Waals surface area (Å²) in [5.74, 6) is 0.906. The van der Waals surface area contributed by atoms with Crippen molar-refractivity contribution in [3.05, 3.63) is 51.2 Å². The molecule has 0 aliphatic carbocycles. The SMILES string of the molecule is Cc1ccc(OCc2csc(C(=O)NC3CCN(C)CC3)c2)cc1C. The number of hydrogen-bond donors (Lipinski definition) is 1. The molecule has 4 nitrogen and oxygen atoms in total. The van der Waals surface area contributed by atoms with Gasteiger partial charge < -0.3 is 15.0 Å². The van der Waals surface area contributed by atoms with E-state index in [0.29, 0.717) is 12.6 Å². The number of carbonyl (C=O) groups is 1. The third-order valence-corrected chi connectivity index (χ3v) is 5.79. The zero-order valence-electron chi connectivity index (χ0n) is 15.2. The van der Waals surface area contributed by atoms with Gasteiger partial charge in [-0.2, -0.15) is 0 Å². The number of amides is 1. The summed E-state index contributed by atoms with van der Waals surface area (Å²) in [5.41, 5.74) is 3.52. The van der Waals surface area contributed by atoms with E-state index in [0.717, 1.165) is 42.1 Å². The standard InChI is InChI=1S/C20H26N2O2S/c1-14-4-5-18(10-15(14)2)24-12-16-11-19(25-13-16)20(23)21-17-6-8-22(3)9-7-17/h4-5,10-11,13,17H,6-9,12H2,1-3H3,(H,21,23). The maximum atomic E-state index is 12.4. The van der Waals surface area contributed by atoms with Crippen LogP contribution in [-0.4, -0.2) is 37.0 Å². The second-order valence-corrected chi connectivity index (χ2v) is 7.82. The topological polar surface area (TPSA) is 41.6 Å². The minimum atomic E-state index is 0.0389. The largest absolute Gasteiger partial charge is 0.489 e. The van der Waals surface area contributed by atoms with Crippen LogP contribution in [0.4, 0.5) is 0 Å². The molecule has 1 amide bonds. The number of hydrogen-bond acceptors (Lipinski definition) is 4. The molecule has 0 bridgehead atoms. The average molecular weight is 359 g/mol. The Kier molecular flexibility index (Phi) is 5.76. The van der Waals surface area contributed by atoms with Crippen LogP contribution in [-0.2, 0) is 6.61 Å². The Balaban J connectivity index is 1.52. The van der Waals surface area contributed by atoms with Crippen LogP contribution < -0.4 is 10.1 Å². The minimum Gasteiger partial charge on any atom is -0.489 e. The first-order valence-electron chi connectivity index (χ1n) is 8.78. The third kappa shape index (κ3) is 4.83. The van der Waals surface area contributed by atoms with E-state index < -0.39 is 0 Å². The van der Waals surface area contributed by atoms with Crippen LogP contribution in [0.25, 0.3) is 0 Å². The van der Waals surface area contributed by atoms with Crippen LogP contribution in [0.3, 0.4) is 0 Å². The maximum Gasteiger partial charge on any atom is 0.261 e. The van der Waals surface area contributed by atoms with Crippen LogP contribution in [0.5, 0.6) is 5.75 Å². The van der Waals surface area contributed by atoms with Crippen molar-refractivity contribution in [2.24, 2.45) is 0 Å². The van der Waals surface area contributed by atoms with Crippen molar-refractivity contribution in [3.8, 4) is 5.75 Å². The molecule has 25 heavy (non-hydrogen) atoms. The quantitative estimate of drug-likeness (QED) is 0.885. The normalized spacial score (nSPS) is 16.0. The molecule has 1 fully saturated rings. The second-order valence-electron chi connectivity index (χ2n) is 6.90. The molecule has 1 saturated heterocycles. The van der Waals surface area contributed by atoms with Gasteiger partial charge in [-0.15, -0.1) is 11.3 Å². The molecule has 0 saturated carbocycles. The fourth-order valence-corrected chi connectivity index (χ4v) is 3.75. The predicted octanol–water partition coefficient (Wildman–Crippen LogP) is 3.77. The molecule has 2 heterocycles. The highest BCUT2D eigenvalue weighted by atomic mass is 32.1. The van der Waals surface area contributed by atoms with Crippen LogP contribution in [0.15, 0.2) is 29.6 Å². The van der Waals surface area contributed by atoms with Gasteiger partial charge in [-0.3, -0.25) is 4.79 Å². The summed E-state index contributed by atoms with van der Waals surface area (Å²) in [6.07, 6.45) is 2.05. The number of carbonyl (C=O) groups excluding carboxylic acids is 1. The zero-order valence-corrected chi connectivity index (χ0v) is 16.0. The predicted molar refractivity (Wildman–Crippen MR) is 103 cm³/mol. The highest BCUT2D eigenvalue weighted by molar-refractivity contribution is 7.12. The van der Waals surface area contributed by atoms with Gasteiger partial charge in [-0.25, -0.2) is 0 Å². The van der Waals surface area contributed by atoms with Crippen molar-refractivity contribution in [3.63, 3.8) is 0 Å². The van der Waals surface area contributed by atoms with Gasteiger partial charge in [0.2, 0.25) is 0 Å². The summed E-state index contributed by atoms with van der Waals surface area (Å²) in [6.45, 7) is 6.75. The van der Waals surface area contributed by atoms with Gasteiger partial charge in [-0.05, 0) is 81.5 Å². The van der Waals surface area contributed by atoms with E-state index in [9.17, 15) is 4.79 Å². The summed E-state index contributed by atoms with van der Waals surface area (Å²) in [7, 11) is 2.12. The summed E-state index contributed by atoms with van der Waals surface area (Å²) < 4.78 is 5.85. The molecule has 134 valence electrons. The molecule has 1 N–H and O–H groups in total. The lowest BCUT2D eigenvalue weighted by Gasteiger charge is -2.29. The lowest BCUT2D eigenvalue weighted by atomic mass is 10.1. The summed E-state index contributed by atoms with van der Waals surface area (Å²) in [5, 5.41) is 5.17. The van der Waals surface area contributed by atoms with E-state index in [1.54, 1.807) is 0 Å². The molecule has 0 unspecified atom stereocenters. The van der Waals surface area contributed by atoms with Gasteiger partial charge in [0, 0.05) is 11.6 Å². The van der Waals surface area contributed by atoms with Crippen molar-refractivity contribution in [1.29, 1.82) is 0 Å². The van der Waals surface area contributed by atoms with Crippen LogP contribution in [0, 0.1) is 13.8 Å². The van der Waals surface area contributed by atoms with E-state index >= 15 is 0 Å². The van der Waals surface area contributed by atoms with E-state index in [1.165, 1.54) is 22.5 Å². The number of aryl methyl sites for hydroxylation is 2. The van der Waals surface area contributed by atoms with Gasteiger partial charge in [0.1, 0.15) is 12.4 Å². The zero-order chi connectivity index (χ0) is 17.8. The summed E-state index contributed by atoms with van der Waals surface area (Å²) in [6, 6.07) is 8.34. The van der Waals surface area contributed by atoms with E-state index in [2.05, 4.69) is 43.2 Å². The number of benzene rings is 1. The van der Waals surface area contributed by atoms with E-state index in [1.807, 2.05) is 17.5 Å².